The van der Waals surface area contributed by atoms with Gasteiger partial charge in [-0.1, -0.05) is 71.3 Å². The Balaban J connectivity index is 0.000000161. The van der Waals surface area contributed by atoms with Gasteiger partial charge in [-0.15, -0.1) is 11.6 Å². The van der Waals surface area contributed by atoms with Crippen LogP contribution in [0.25, 0.3) is 22.5 Å². The van der Waals surface area contributed by atoms with E-state index < -0.39 is 0 Å². The number of hydrogen-bond acceptors (Lipinski definition) is 14. The van der Waals surface area contributed by atoms with Crippen LogP contribution in [-0.4, -0.2) is 119 Å². The van der Waals surface area contributed by atoms with Gasteiger partial charge in [0.2, 0.25) is 11.1 Å². The Morgan fingerprint density at radius 3 is 1.57 bits per heavy atom. The van der Waals surface area contributed by atoms with Crippen molar-refractivity contribution in [2.45, 2.75) is 52.1 Å². The molecule has 354 valence electrons. The lowest BCUT2D eigenvalue weighted by Gasteiger charge is -2.33. The Hall–Kier alpha value is -4.49. The fourth-order valence-corrected chi connectivity index (χ4v) is 13.8. The highest BCUT2D eigenvalue weighted by molar-refractivity contribution is 8.05. The summed E-state index contributed by atoms with van der Waals surface area (Å²) in [6, 6.07) is 33.7. The minimum absolute atomic E-state index is 0.0763. The molecule has 11 rings (SSSR count). The summed E-state index contributed by atoms with van der Waals surface area (Å²) in [5.41, 5.74) is 7.80. The number of rotatable bonds is 11. The van der Waals surface area contributed by atoms with Crippen molar-refractivity contribution in [3.8, 4) is 22.5 Å². The highest BCUT2D eigenvalue weighted by Crippen LogP contribution is 2.53. The fraction of sp³-hybridized carbons (Fsp3) is 0.333. The van der Waals surface area contributed by atoms with Crippen LogP contribution >= 0.6 is 58.6 Å². The van der Waals surface area contributed by atoms with Gasteiger partial charge in [0, 0.05) is 149 Å². The molecule has 5 aliphatic rings. The number of alkyl halides is 1. The number of halogens is 1. The second-order valence-electron chi connectivity index (χ2n) is 16.9. The summed E-state index contributed by atoms with van der Waals surface area (Å²) in [7, 11) is 0. The molecule has 7 heterocycles. The maximum Gasteiger partial charge on any atom is 0.250 e. The summed E-state index contributed by atoms with van der Waals surface area (Å²) in [4.78, 5) is 47.8. The summed E-state index contributed by atoms with van der Waals surface area (Å²) in [5.74, 6) is 0.576. The molecule has 5 aliphatic heterocycles. The number of pyridine rings is 2. The molecule has 1 atom stereocenters. The lowest BCUT2D eigenvalue weighted by molar-refractivity contribution is 0.00181. The summed E-state index contributed by atoms with van der Waals surface area (Å²) < 4.78 is 16.5. The summed E-state index contributed by atoms with van der Waals surface area (Å²) in [6.07, 6.45) is 0. The zero-order chi connectivity index (χ0) is 46.4. The van der Waals surface area contributed by atoms with E-state index in [-0.39, 0.29) is 11.1 Å². The number of morpholine rings is 3. The van der Waals surface area contributed by atoms with Gasteiger partial charge in [0.25, 0.3) is 0 Å². The molecular formula is C51H54ClN7O5S4. The topological polar surface area (TPSA) is 127 Å². The standard InChI is InChI=1S/C28H32N4O3S2.C23H22ClN3O2S2/c1-19-18-35-14-9-31(19)8-7-29-20-5-6-24-26(15-20)36-25-4-2-3-22(28(25)37-24)23-16-21(17-27(33)30-23)32-10-12-34-13-11-32;24-6-7-25-15-4-5-19-21(12-15)30-20-3-1-2-17(23(20)31-19)18-13-16(14-22(28)26-18)27-8-10-29-11-9-27/h2-6,15-17,19,29H,7-14,18H2,1H3,(H,30,33);1-5,12-14,25H,6-11H2,(H,26,28). The van der Waals surface area contributed by atoms with Gasteiger partial charge in [0.1, 0.15) is 0 Å². The largest absolute Gasteiger partial charge is 0.384 e. The summed E-state index contributed by atoms with van der Waals surface area (Å²) in [5, 5.41) is 6.95. The fourth-order valence-electron chi connectivity index (χ4n) is 8.83. The van der Waals surface area contributed by atoms with Crippen molar-refractivity contribution < 1.29 is 14.2 Å². The first kappa shape index (κ1) is 47.2. The van der Waals surface area contributed by atoms with Crippen LogP contribution in [0.4, 0.5) is 22.7 Å². The number of fused-ring (bicyclic) bond motifs is 4. The van der Waals surface area contributed by atoms with Gasteiger partial charge in [0.15, 0.2) is 0 Å². The molecule has 0 spiro atoms. The van der Waals surface area contributed by atoms with Gasteiger partial charge in [-0.2, -0.15) is 0 Å². The zero-order valence-corrected chi connectivity index (χ0v) is 41.8. The number of benzene rings is 4. The first-order valence-corrected chi connectivity index (χ1v) is 26.9. The normalized spacial score (nSPS) is 17.8. The van der Waals surface area contributed by atoms with Crippen molar-refractivity contribution in [2.24, 2.45) is 0 Å². The van der Waals surface area contributed by atoms with E-state index in [9.17, 15) is 9.59 Å². The minimum Gasteiger partial charge on any atom is -0.384 e. The third kappa shape index (κ3) is 11.1. The lowest BCUT2D eigenvalue weighted by Crippen LogP contribution is -2.45. The molecule has 3 fully saturated rings. The second kappa shape index (κ2) is 22.1. The first-order valence-electron chi connectivity index (χ1n) is 23.1. The number of anilines is 4. The monoisotopic (exact) mass is 1010 g/mol. The number of nitrogens with one attached hydrogen (secondary N) is 4. The Labute approximate surface area is 418 Å². The van der Waals surface area contributed by atoms with Gasteiger partial charge in [-0.25, -0.2) is 0 Å². The second-order valence-corrected chi connectivity index (χ2v) is 21.6. The predicted octanol–water partition coefficient (Wildman–Crippen LogP) is 9.77. The zero-order valence-electron chi connectivity index (χ0n) is 37.8. The molecule has 68 heavy (non-hydrogen) atoms. The van der Waals surface area contributed by atoms with E-state index in [1.807, 2.05) is 0 Å². The van der Waals surface area contributed by atoms with Crippen LogP contribution in [0, 0.1) is 0 Å². The first-order chi connectivity index (χ1) is 33.3. The van der Waals surface area contributed by atoms with E-state index in [4.69, 9.17) is 25.8 Å². The molecular weight excluding hydrogens is 954 g/mol. The molecule has 3 saturated heterocycles. The van der Waals surface area contributed by atoms with E-state index in [0.29, 0.717) is 38.3 Å². The van der Waals surface area contributed by atoms with Crippen LogP contribution in [0.15, 0.2) is 146 Å². The highest BCUT2D eigenvalue weighted by atomic mass is 35.5. The van der Waals surface area contributed by atoms with Gasteiger partial charge in [0.05, 0.1) is 51.0 Å². The summed E-state index contributed by atoms with van der Waals surface area (Å²) >= 11 is 12.9. The van der Waals surface area contributed by atoms with Crippen LogP contribution < -0.4 is 31.6 Å². The maximum atomic E-state index is 12.6. The molecule has 2 aromatic heterocycles. The van der Waals surface area contributed by atoms with E-state index in [0.717, 1.165) is 111 Å². The predicted molar refractivity (Wildman–Crippen MR) is 280 cm³/mol. The lowest BCUT2D eigenvalue weighted by atomic mass is 10.1. The Morgan fingerprint density at radius 1 is 0.574 bits per heavy atom. The third-order valence-electron chi connectivity index (χ3n) is 12.4. The number of hydrogen-bond donors (Lipinski definition) is 4. The van der Waals surface area contributed by atoms with E-state index in [2.05, 4.69) is 127 Å². The third-order valence-corrected chi connectivity index (χ3v) is 17.7. The molecule has 0 saturated carbocycles. The number of ether oxygens (including phenoxy) is 3. The van der Waals surface area contributed by atoms with Crippen molar-refractivity contribution in [1.29, 1.82) is 0 Å². The van der Waals surface area contributed by atoms with Crippen molar-refractivity contribution in [3.63, 3.8) is 0 Å². The van der Waals surface area contributed by atoms with Crippen molar-refractivity contribution in [3.05, 3.63) is 118 Å². The van der Waals surface area contributed by atoms with E-state index in [1.54, 1.807) is 59.2 Å². The molecule has 0 radical (unpaired) electrons. The van der Waals surface area contributed by atoms with Gasteiger partial charge in [-0.3, -0.25) is 14.5 Å². The molecule has 4 aromatic carbocycles. The Morgan fingerprint density at radius 2 is 1.07 bits per heavy atom. The Kier molecular flexibility index (Phi) is 15.3. The number of nitrogens with zero attached hydrogens (tertiary/aromatic N) is 3. The van der Waals surface area contributed by atoms with Gasteiger partial charge in [-0.05, 0) is 67.6 Å². The average molecular weight is 1010 g/mol. The van der Waals surface area contributed by atoms with Gasteiger partial charge < -0.3 is 44.6 Å². The highest BCUT2D eigenvalue weighted by Gasteiger charge is 2.25. The molecule has 0 bridgehead atoms. The molecule has 6 aromatic rings. The molecule has 12 nitrogen and oxygen atoms in total. The van der Waals surface area contributed by atoms with Crippen LogP contribution in [0.5, 0.6) is 0 Å². The van der Waals surface area contributed by atoms with Crippen LogP contribution in [0.3, 0.4) is 0 Å². The average Bonchev–Trinajstić information content (AvgIpc) is 3.37. The molecule has 0 aliphatic carbocycles. The molecule has 4 N–H and O–H groups in total. The summed E-state index contributed by atoms with van der Waals surface area (Å²) in [6.45, 7) is 13.5. The van der Waals surface area contributed by atoms with Crippen LogP contribution in [0.2, 0.25) is 0 Å². The minimum atomic E-state index is -0.0829. The smallest absolute Gasteiger partial charge is 0.250 e. The van der Waals surface area contributed by atoms with Crippen LogP contribution in [-0.2, 0) is 14.2 Å². The van der Waals surface area contributed by atoms with Crippen molar-refractivity contribution in [1.82, 2.24) is 14.9 Å². The van der Waals surface area contributed by atoms with Crippen molar-refractivity contribution >= 4 is 81.4 Å². The quantitative estimate of drug-likeness (QED) is 0.0919. The van der Waals surface area contributed by atoms with E-state index in [1.165, 1.54) is 39.2 Å². The maximum absolute atomic E-state index is 12.6. The molecule has 1 unspecified atom stereocenters. The van der Waals surface area contributed by atoms with Crippen LogP contribution in [0.1, 0.15) is 6.92 Å². The number of aromatic amines is 2. The molecule has 0 amide bonds. The SMILES string of the molecule is CC1COCCN1CCNc1ccc2c(c1)Sc1cccc(-c3cc(N4CCOCC4)cc(=O)[nH]3)c1S2.O=c1cc(N2CCOCC2)cc(-c2cccc3c2Sc2ccc(NCCCl)cc2S3)[nH]1. The van der Waals surface area contributed by atoms with E-state index >= 15 is 0 Å². The van der Waals surface area contributed by atoms with Gasteiger partial charge >= 0.3 is 0 Å². The Bertz CT molecular complexity index is 2870. The number of H-pyrrole nitrogens is 2. The molecule has 17 heteroatoms. The van der Waals surface area contributed by atoms with Crippen molar-refractivity contribution in [2.75, 3.05) is 118 Å². The number of aromatic nitrogens is 2.